The molecular formula is C16H18FNO3. The highest BCUT2D eigenvalue weighted by Crippen LogP contribution is 2.23. The first-order valence-corrected chi connectivity index (χ1v) is 6.53. The maximum atomic E-state index is 13.8. The van der Waals surface area contributed by atoms with Gasteiger partial charge in [0.2, 0.25) is 0 Å². The molecule has 0 aliphatic carbocycles. The van der Waals surface area contributed by atoms with E-state index >= 15 is 0 Å². The first-order valence-electron chi connectivity index (χ1n) is 6.53. The summed E-state index contributed by atoms with van der Waals surface area (Å²) in [5.74, 6) is -0.0674. The van der Waals surface area contributed by atoms with Crippen molar-refractivity contribution in [1.29, 1.82) is 0 Å². The third-order valence-corrected chi connectivity index (χ3v) is 2.69. The van der Waals surface area contributed by atoms with Crippen molar-refractivity contribution < 1.29 is 19.0 Å². The van der Waals surface area contributed by atoms with Crippen LogP contribution in [-0.2, 0) is 17.8 Å². The van der Waals surface area contributed by atoms with Gasteiger partial charge in [0.15, 0.2) is 11.6 Å². The molecule has 0 aliphatic rings. The van der Waals surface area contributed by atoms with E-state index in [0.717, 1.165) is 5.56 Å². The Morgan fingerprint density at radius 3 is 2.52 bits per heavy atom. The van der Waals surface area contributed by atoms with Crippen LogP contribution in [0.2, 0.25) is 0 Å². The number of hydrogen-bond donors (Lipinski definition) is 1. The van der Waals surface area contributed by atoms with Crippen LogP contribution in [0.3, 0.4) is 0 Å². The SMILES string of the molecule is CCc1nc(C)cc(F)c1OCc1ccccc1.O=CO. The van der Waals surface area contributed by atoms with Crippen LogP contribution in [-0.4, -0.2) is 16.6 Å². The summed E-state index contributed by atoms with van der Waals surface area (Å²) in [6, 6.07) is 11.1. The zero-order valence-electron chi connectivity index (χ0n) is 12.0. The largest absolute Gasteiger partial charge is 0.484 e. The number of benzene rings is 1. The van der Waals surface area contributed by atoms with E-state index in [9.17, 15) is 4.39 Å². The molecule has 5 heteroatoms. The summed E-state index contributed by atoms with van der Waals surface area (Å²) in [5, 5.41) is 6.89. The predicted octanol–water partition coefficient (Wildman–Crippen LogP) is 3.37. The number of carbonyl (C=O) groups is 1. The minimum atomic E-state index is -0.338. The molecule has 1 heterocycles. The number of ether oxygens (including phenoxy) is 1. The normalized spacial score (nSPS) is 9.48. The van der Waals surface area contributed by atoms with Crippen molar-refractivity contribution >= 4 is 6.47 Å². The topological polar surface area (TPSA) is 59.4 Å². The summed E-state index contributed by atoms with van der Waals surface area (Å²) in [5.41, 5.74) is 2.36. The van der Waals surface area contributed by atoms with E-state index in [0.29, 0.717) is 24.4 Å². The van der Waals surface area contributed by atoms with Gasteiger partial charge < -0.3 is 9.84 Å². The summed E-state index contributed by atoms with van der Waals surface area (Å²) < 4.78 is 19.4. The zero-order chi connectivity index (χ0) is 15.7. The maximum absolute atomic E-state index is 13.8. The van der Waals surface area contributed by atoms with Crippen molar-refractivity contribution in [1.82, 2.24) is 4.98 Å². The highest BCUT2D eigenvalue weighted by molar-refractivity contribution is 5.32. The average Bonchev–Trinajstić information content (AvgIpc) is 2.47. The molecule has 21 heavy (non-hydrogen) atoms. The highest BCUT2D eigenvalue weighted by atomic mass is 19.1. The lowest BCUT2D eigenvalue weighted by atomic mass is 10.2. The molecule has 0 amide bonds. The zero-order valence-corrected chi connectivity index (χ0v) is 12.0. The highest BCUT2D eigenvalue weighted by Gasteiger charge is 2.11. The Kier molecular flexibility index (Phi) is 6.87. The first kappa shape index (κ1) is 16.6. The molecule has 2 aromatic rings. The van der Waals surface area contributed by atoms with Crippen LogP contribution in [0.1, 0.15) is 23.9 Å². The van der Waals surface area contributed by atoms with E-state index < -0.39 is 0 Å². The molecule has 1 aromatic carbocycles. The average molecular weight is 291 g/mol. The van der Waals surface area contributed by atoms with Gasteiger partial charge in [-0.25, -0.2) is 4.39 Å². The molecular weight excluding hydrogens is 273 g/mol. The molecule has 0 saturated carbocycles. The lowest BCUT2D eigenvalue weighted by molar-refractivity contribution is -0.122. The summed E-state index contributed by atoms with van der Waals surface area (Å²) in [7, 11) is 0. The number of pyridine rings is 1. The molecule has 0 spiro atoms. The Morgan fingerprint density at radius 1 is 1.33 bits per heavy atom. The van der Waals surface area contributed by atoms with Gasteiger partial charge in [0.05, 0.1) is 5.69 Å². The summed E-state index contributed by atoms with van der Waals surface area (Å²) in [6.07, 6.45) is 0.655. The predicted molar refractivity (Wildman–Crippen MR) is 77.8 cm³/mol. The molecule has 0 radical (unpaired) electrons. The van der Waals surface area contributed by atoms with E-state index in [1.165, 1.54) is 6.07 Å². The van der Waals surface area contributed by atoms with Gasteiger partial charge in [-0.3, -0.25) is 9.78 Å². The smallest absolute Gasteiger partial charge is 0.290 e. The number of aryl methyl sites for hydroxylation is 2. The molecule has 2 rings (SSSR count). The second kappa shape index (κ2) is 8.68. The van der Waals surface area contributed by atoms with Crippen molar-refractivity contribution in [2.24, 2.45) is 0 Å². The van der Waals surface area contributed by atoms with E-state index in [1.54, 1.807) is 6.92 Å². The Morgan fingerprint density at radius 2 is 1.95 bits per heavy atom. The number of rotatable bonds is 4. The quantitative estimate of drug-likeness (QED) is 0.877. The minimum absolute atomic E-state index is 0.250. The molecule has 0 bridgehead atoms. The second-order valence-electron chi connectivity index (χ2n) is 4.25. The van der Waals surface area contributed by atoms with Crippen LogP contribution < -0.4 is 4.74 Å². The van der Waals surface area contributed by atoms with E-state index in [-0.39, 0.29) is 18.0 Å². The van der Waals surface area contributed by atoms with Gasteiger partial charge in [0.25, 0.3) is 6.47 Å². The molecule has 0 unspecified atom stereocenters. The van der Waals surface area contributed by atoms with Gasteiger partial charge in [0.1, 0.15) is 6.61 Å². The Bertz CT molecular complexity index is 573. The maximum Gasteiger partial charge on any atom is 0.290 e. The molecule has 1 aromatic heterocycles. The third-order valence-electron chi connectivity index (χ3n) is 2.69. The van der Waals surface area contributed by atoms with Crippen molar-refractivity contribution in [3.05, 3.63) is 59.2 Å². The Balaban J connectivity index is 0.000000677. The van der Waals surface area contributed by atoms with Gasteiger partial charge in [-0.15, -0.1) is 0 Å². The number of hydrogen-bond acceptors (Lipinski definition) is 3. The van der Waals surface area contributed by atoms with E-state index in [1.807, 2.05) is 37.3 Å². The fourth-order valence-electron chi connectivity index (χ4n) is 1.80. The molecule has 4 nitrogen and oxygen atoms in total. The van der Waals surface area contributed by atoms with Crippen molar-refractivity contribution in [3.8, 4) is 5.75 Å². The molecule has 112 valence electrons. The van der Waals surface area contributed by atoms with Gasteiger partial charge in [-0.1, -0.05) is 37.3 Å². The van der Waals surface area contributed by atoms with Crippen LogP contribution in [0.4, 0.5) is 4.39 Å². The Hall–Kier alpha value is -2.43. The van der Waals surface area contributed by atoms with Gasteiger partial charge in [0, 0.05) is 5.69 Å². The molecule has 1 N–H and O–H groups in total. The van der Waals surface area contributed by atoms with Gasteiger partial charge in [-0.05, 0) is 25.0 Å². The van der Waals surface area contributed by atoms with Crippen molar-refractivity contribution in [2.75, 3.05) is 0 Å². The van der Waals surface area contributed by atoms with Crippen LogP contribution >= 0.6 is 0 Å². The fraction of sp³-hybridized carbons (Fsp3) is 0.250. The second-order valence-corrected chi connectivity index (χ2v) is 4.25. The number of aromatic nitrogens is 1. The van der Waals surface area contributed by atoms with E-state index in [2.05, 4.69) is 4.98 Å². The van der Waals surface area contributed by atoms with Crippen molar-refractivity contribution in [3.63, 3.8) is 0 Å². The lowest BCUT2D eigenvalue weighted by Gasteiger charge is -2.11. The molecule has 0 fully saturated rings. The van der Waals surface area contributed by atoms with E-state index in [4.69, 9.17) is 14.6 Å². The Labute approximate surface area is 123 Å². The van der Waals surface area contributed by atoms with Crippen LogP contribution in [0.25, 0.3) is 0 Å². The number of halogens is 1. The molecule has 0 saturated heterocycles. The first-order chi connectivity index (χ1) is 10.1. The third kappa shape index (κ3) is 5.22. The lowest BCUT2D eigenvalue weighted by Crippen LogP contribution is -2.03. The van der Waals surface area contributed by atoms with Crippen LogP contribution in [0.15, 0.2) is 36.4 Å². The minimum Gasteiger partial charge on any atom is -0.484 e. The van der Waals surface area contributed by atoms with Crippen LogP contribution in [0, 0.1) is 12.7 Å². The summed E-state index contributed by atoms with van der Waals surface area (Å²) in [6.45, 7) is 3.83. The monoisotopic (exact) mass is 291 g/mol. The van der Waals surface area contributed by atoms with Gasteiger partial charge >= 0.3 is 0 Å². The standard InChI is InChI=1S/C15H16FNO.CH2O2/c1-3-14-15(13(16)9-11(2)17-14)18-10-12-7-5-4-6-8-12;2-1-3/h4-9H,3,10H2,1-2H3;1H,(H,2,3). The van der Waals surface area contributed by atoms with Gasteiger partial charge in [-0.2, -0.15) is 0 Å². The molecule has 0 atom stereocenters. The van der Waals surface area contributed by atoms with Crippen LogP contribution in [0.5, 0.6) is 5.75 Å². The fourth-order valence-corrected chi connectivity index (χ4v) is 1.80. The number of carboxylic acid groups (broad SMARTS) is 1. The molecule has 0 aliphatic heterocycles. The number of nitrogens with zero attached hydrogens (tertiary/aromatic N) is 1. The summed E-state index contributed by atoms with van der Waals surface area (Å²) >= 11 is 0. The summed E-state index contributed by atoms with van der Waals surface area (Å²) in [4.78, 5) is 12.7. The van der Waals surface area contributed by atoms with Crippen molar-refractivity contribution in [2.45, 2.75) is 26.9 Å².